The van der Waals surface area contributed by atoms with E-state index in [-0.39, 0.29) is 0 Å². The van der Waals surface area contributed by atoms with Crippen LogP contribution in [0.25, 0.3) is 61.6 Å². The third kappa shape index (κ3) is 6.07. The van der Waals surface area contributed by atoms with Gasteiger partial charge in [0.25, 0.3) is 0 Å². The summed E-state index contributed by atoms with van der Waals surface area (Å²) in [5.74, 6) is 1.53. The molecule has 1 aliphatic heterocycles. The zero-order chi connectivity index (χ0) is 37.7. The lowest BCUT2D eigenvalue weighted by Gasteiger charge is -2.26. The molecule has 3 heteroatoms. The summed E-state index contributed by atoms with van der Waals surface area (Å²) in [6.07, 6.45) is 15.5. The third-order valence-electron chi connectivity index (χ3n) is 11.7. The summed E-state index contributed by atoms with van der Waals surface area (Å²) >= 11 is 1.99. The Labute approximate surface area is 338 Å². The largest absolute Gasteiger partial charge is 0.460 e. The van der Waals surface area contributed by atoms with Gasteiger partial charge < -0.3 is 9.32 Å². The molecule has 57 heavy (non-hydrogen) atoms. The number of rotatable bonds is 7. The molecule has 2 atom stereocenters. The minimum Gasteiger partial charge on any atom is -0.460 e. The Bertz CT molecular complexity index is 2850. The first-order valence-electron chi connectivity index (χ1n) is 19.9. The van der Waals surface area contributed by atoms with E-state index in [1.807, 2.05) is 11.8 Å². The molecule has 1 aromatic heterocycles. The van der Waals surface area contributed by atoms with Gasteiger partial charge in [0, 0.05) is 50.5 Å². The van der Waals surface area contributed by atoms with Crippen LogP contribution in [0.5, 0.6) is 0 Å². The minimum absolute atomic E-state index is 0.443. The molecule has 0 N–H and O–H groups in total. The first-order chi connectivity index (χ1) is 28.2. The quantitative estimate of drug-likeness (QED) is 0.161. The molecule has 272 valence electrons. The molecule has 0 saturated carbocycles. The Kier molecular flexibility index (Phi) is 8.40. The van der Waals surface area contributed by atoms with Gasteiger partial charge in [0.1, 0.15) is 11.3 Å². The number of thioether (sulfide) groups is 1. The van der Waals surface area contributed by atoms with Crippen LogP contribution in [0.2, 0.25) is 0 Å². The van der Waals surface area contributed by atoms with Crippen molar-refractivity contribution >= 4 is 45.9 Å². The molecule has 7 aromatic carbocycles. The predicted molar refractivity (Wildman–Crippen MR) is 241 cm³/mol. The highest BCUT2D eigenvalue weighted by atomic mass is 32.2. The number of furan rings is 1. The van der Waals surface area contributed by atoms with Crippen molar-refractivity contribution in [3.8, 4) is 44.5 Å². The SMILES string of the molecule is C1=CC2Sc3c(-c4ccc(N(c5ccc(-c6ccccc6)cc5)c5ccc(-c6cc7oc8c(c7cc6-c6ccccc6)C=CCC8)cc5)cc4)cccc3C2C=C1. The van der Waals surface area contributed by atoms with Gasteiger partial charge in [-0.05, 0) is 105 Å². The van der Waals surface area contributed by atoms with Crippen LogP contribution in [0.15, 0.2) is 203 Å². The van der Waals surface area contributed by atoms with Crippen molar-refractivity contribution in [1.82, 2.24) is 0 Å². The summed E-state index contributed by atoms with van der Waals surface area (Å²) in [6, 6.07) is 59.8. The average Bonchev–Trinajstić information content (AvgIpc) is 3.86. The molecule has 0 fully saturated rings. The lowest BCUT2D eigenvalue weighted by molar-refractivity contribution is 0.546. The molecule has 2 aliphatic carbocycles. The molecule has 11 rings (SSSR count). The first-order valence-corrected chi connectivity index (χ1v) is 20.8. The summed E-state index contributed by atoms with van der Waals surface area (Å²) in [5, 5.41) is 1.65. The number of nitrogens with zero attached hydrogens (tertiary/aromatic N) is 1. The number of aryl methyl sites for hydroxylation is 1. The molecule has 0 bridgehead atoms. The van der Waals surface area contributed by atoms with E-state index in [1.165, 1.54) is 54.8 Å². The van der Waals surface area contributed by atoms with Crippen LogP contribution < -0.4 is 4.90 Å². The number of hydrogen-bond donors (Lipinski definition) is 0. The van der Waals surface area contributed by atoms with Crippen molar-refractivity contribution in [2.75, 3.05) is 4.90 Å². The fourth-order valence-corrected chi connectivity index (χ4v) is 10.3. The molecule has 0 radical (unpaired) electrons. The van der Waals surface area contributed by atoms with Crippen molar-refractivity contribution in [1.29, 1.82) is 0 Å². The second-order valence-electron chi connectivity index (χ2n) is 15.1. The predicted octanol–water partition coefficient (Wildman–Crippen LogP) is 15.2. The molecule has 8 aromatic rings. The van der Waals surface area contributed by atoms with E-state index in [1.54, 1.807) is 0 Å². The van der Waals surface area contributed by atoms with Gasteiger partial charge in [-0.25, -0.2) is 0 Å². The van der Waals surface area contributed by atoms with Crippen LogP contribution in [0.3, 0.4) is 0 Å². The van der Waals surface area contributed by atoms with Crippen LogP contribution in [0.1, 0.15) is 29.2 Å². The van der Waals surface area contributed by atoms with Gasteiger partial charge in [-0.15, -0.1) is 11.8 Å². The number of hydrogen-bond acceptors (Lipinski definition) is 3. The normalized spacial score (nSPS) is 16.4. The van der Waals surface area contributed by atoms with E-state index < -0.39 is 0 Å². The maximum absolute atomic E-state index is 6.49. The van der Waals surface area contributed by atoms with Crippen LogP contribution in [-0.4, -0.2) is 5.25 Å². The van der Waals surface area contributed by atoms with Gasteiger partial charge >= 0.3 is 0 Å². The molecular weight excluding hydrogens is 711 g/mol. The minimum atomic E-state index is 0.443. The van der Waals surface area contributed by atoms with Crippen LogP contribution >= 0.6 is 11.8 Å². The molecule has 0 spiro atoms. The zero-order valence-electron chi connectivity index (χ0n) is 31.4. The van der Waals surface area contributed by atoms with Crippen molar-refractivity contribution in [3.05, 3.63) is 211 Å². The van der Waals surface area contributed by atoms with E-state index in [2.05, 4.69) is 205 Å². The maximum Gasteiger partial charge on any atom is 0.135 e. The highest BCUT2D eigenvalue weighted by Gasteiger charge is 2.32. The molecule has 3 aliphatic rings. The van der Waals surface area contributed by atoms with E-state index in [0.717, 1.165) is 52.4 Å². The molecule has 0 amide bonds. The average molecular weight is 750 g/mol. The second kappa shape index (κ2) is 14.2. The molecular formula is C54H39NOS. The van der Waals surface area contributed by atoms with Crippen LogP contribution in [0.4, 0.5) is 17.1 Å². The first kappa shape index (κ1) is 33.8. The molecule has 0 saturated heterocycles. The Morgan fingerprint density at radius 3 is 1.81 bits per heavy atom. The molecule has 2 nitrogen and oxygen atoms in total. The van der Waals surface area contributed by atoms with Crippen LogP contribution in [-0.2, 0) is 6.42 Å². The monoisotopic (exact) mass is 749 g/mol. The number of fused-ring (bicyclic) bond motifs is 6. The number of benzene rings is 7. The Balaban J connectivity index is 0.991. The number of allylic oxidation sites excluding steroid dienone is 4. The topological polar surface area (TPSA) is 16.4 Å². The smallest absolute Gasteiger partial charge is 0.135 e. The summed E-state index contributed by atoms with van der Waals surface area (Å²) in [7, 11) is 0. The Morgan fingerprint density at radius 1 is 0.526 bits per heavy atom. The second-order valence-corrected chi connectivity index (χ2v) is 16.3. The summed E-state index contributed by atoms with van der Waals surface area (Å²) in [6.45, 7) is 0. The fourth-order valence-electron chi connectivity index (χ4n) is 8.85. The van der Waals surface area contributed by atoms with Gasteiger partial charge in [-0.3, -0.25) is 0 Å². The standard InChI is InChI=1S/C54H39NOS/c1-3-12-36(13-4-1)37-22-28-41(29-23-37)55(42-30-24-39(25-31-42)44-18-11-19-47-46-17-8-10-21-53(46)57-54(44)47)43-32-26-40(27-33-43)49-35-52-50(45-16-7-9-20-51(45)56-52)34-48(49)38-14-5-2-6-15-38/h1-8,10-19,21-35,46,53H,9,20H2. The molecule has 2 unspecified atom stereocenters. The van der Waals surface area contributed by atoms with Gasteiger partial charge in [0.05, 0.1) is 0 Å². The van der Waals surface area contributed by atoms with E-state index in [9.17, 15) is 0 Å². The van der Waals surface area contributed by atoms with Gasteiger partial charge in [-0.2, -0.15) is 0 Å². The fraction of sp³-hybridized carbons (Fsp3) is 0.0741. The highest BCUT2D eigenvalue weighted by molar-refractivity contribution is 8.00. The summed E-state index contributed by atoms with van der Waals surface area (Å²) < 4.78 is 6.49. The summed E-state index contributed by atoms with van der Waals surface area (Å²) in [5.41, 5.74) is 16.6. The lowest BCUT2D eigenvalue weighted by atomic mass is 9.90. The highest BCUT2D eigenvalue weighted by Crippen LogP contribution is 2.52. The van der Waals surface area contributed by atoms with Crippen molar-refractivity contribution in [2.24, 2.45) is 0 Å². The molecule has 2 heterocycles. The third-order valence-corrected chi connectivity index (χ3v) is 13.1. The van der Waals surface area contributed by atoms with E-state index in [0.29, 0.717) is 11.2 Å². The van der Waals surface area contributed by atoms with E-state index in [4.69, 9.17) is 4.42 Å². The summed E-state index contributed by atoms with van der Waals surface area (Å²) in [4.78, 5) is 3.77. The van der Waals surface area contributed by atoms with Crippen molar-refractivity contribution in [2.45, 2.75) is 28.9 Å². The van der Waals surface area contributed by atoms with Crippen molar-refractivity contribution in [3.63, 3.8) is 0 Å². The van der Waals surface area contributed by atoms with E-state index >= 15 is 0 Å². The zero-order valence-corrected chi connectivity index (χ0v) is 32.2. The van der Waals surface area contributed by atoms with Gasteiger partial charge in [0.15, 0.2) is 0 Å². The van der Waals surface area contributed by atoms with Gasteiger partial charge in [-0.1, -0.05) is 152 Å². The lowest BCUT2D eigenvalue weighted by Crippen LogP contribution is -2.09. The Hall–Kier alpha value is -6.55. The number of anilines is 3. The Morgan fingerprint density at radius 2 is 1.11 bits per heavy atom. The van der Waals surface area contributed by atoms with Crippen LogP contribution in [0, 0.1) is 0 Å². The maximum atomic E-state index is 6.49. The van der Waals surface area contributed by atoms with Crippen molar-refractivity contribution < 1.29 is 4.42 Å². The van der Waals surface area contributed by atoms with Gasteiger partial charge in [0.2, 0.25) is 0 Å².